The Kier molecular flexibility index (Phi) is 5.42. The first-order valence-electron chi connectivity index (χ1n) is 8.24. The van der Waals surface area contributed by atoms with Crippen LogP contribution in [0.3, 0.4) is 0 Å². The summed E-state index contributed by atoms with van der Waals surface area (Å²) in [6, 6.07) is 6.12. The molecule has 1 aromatic rings. The van der Waals surface area contributed by atoms with Crippen LogP contribution in [0.25, 0.3) is 0 Å². The smallest absolute Gasteiger partial charge is 0.372 e. The van der Waals surface area contributed by atoms with E-state index in [2.05, 4.69) is 21.7 Å². The molecule has 2 fully saturated rings. The normalized spacial score (nSPS) is 22.2. The van der Waals surface area contributed by atoms with Gasteiger partial charge in [-0.15, -0.1) is 0 Å². The fraction of sp³-hybridized carbons (Fsp3) is 0.500. The lowest BCUT2D eigenvalue weighted by Gasteiger charge is -2.35. The van der Waals surface area contributed by atoms with Gasteiger partial charge in [-0.2, -0.15) is 21.0 Å². The van der Waals surface area contributed by atoms with E-state index in [4.69, 9.17) is 0 Å². The van der Waals surface area contributed by atoms with Crippen molar-refractivity contribution in [1.29, 1.82) is 0 Å². The Morgan fingerprint density at radius 1 is 1.15 bits per heavy atom. The van der Waals surface area contributed by atoms with Gasteiger partial charge < -0.3 is 9.08 Å². The average molecular weight is 402 g/mol. The number of hydrogen-bond donors (Lipinski definition) is 1. The third kappa shape index (κ3) is 4.47. The van der Waals surface area contributed by atoms with E-state index in [-0.39, 0.29) is 29.9 Å². The monoisotopic (exact) mass is 402 g/mol. The molecular formula is C16H19FN2O5S2. The molecule has 0 spiro atoms. The first-order chi connectivity index (χ1) is 12.2. The number of piperidine rings is 1. The summed E-state index contributed by atoms with van der Waals surface area (Å²) in [6.07, 6.45) is 1.82. The van der Waals surface area contributed by atoms with E-state index >= 15 is 0 Å². The zero-order valence-electron chi connectivity index (χ0n) is 13.9. The van der Waals surface area contributed by atoms with Crippen LogP contribution in [0.1, 0.15) is 19.3 Å². The van der Waals surface area contributed by atoms with Crippen molar-refractivity contribution in [1.82, 2.24) is 4.90 Å². The molecule has 7 nitrogen and oxygen atoms in total. The zero-order chi connectivity index (χ0) is 18.9. The molecule has 10 heteroatoms. The van der Waals surface area contributed by atoms with Crippen molar-refractivity contribution in [3.05, 3.63) is 24.3 Å². The summed E-state index contributed by atoms with van der Waals surface area (Å²) < 4.78 is 37.6. The number of halogens is 1. The molecule has 1 unspecified atom stereocenters. The first kappa shape index (κ1) is 19.0. The molecule has 1 aromatic carbocycles. The molecule has 0 bridgehead atoms. The van der Waals surface area contributed by atoms with Crippen LogP contribution in [-0.4, -0.2) is 50.0 Å². The highest BCUT2D eigenvalue weighted by molar-refractivity contribution is 7.82. The van der Waals surface area contributed by atoms with Crippen LogP contribution in [0, 0.1) is 5.92 Å². The molecule has 2 heterocycles. The maximum absolute atomic E-state index is 12.5. The third-order valence-electron chi connectivity index (χ3n) is 4.67. The Morgan fingerprint density at radius 2 is 1.77 bits per heavy atom. The number of amides is 2. The van der Waals surface area contributed by atoms with Crippen LogP contribution in [-0.2, 0) is 20.1 Å². The van der Waals surface area contributed by atoms with Crippen LogP contribution in [0.2, 0.25) is 0 Å². The number of benzene rings is 1. The van der Waals surface area contributed by atoms with Crippen molar-refractivity contribution in [2.75, 3.05) is 24.5 Å². The highest BCUT2D eigenvalue weighted by atomic mass is 32.3. The summed E-state index contributed by atoms with van der Waals surface area (Å²) in [4.78, 5) is 27.2. The molecule has 3 rings (SSSR count). The minimum Gasteiger partial charge on any atom is -0.372 e. The number of anilines is 1. The second-order valence-electron chi connectivity index (χ2n) is 6.46. The van der Waals surface area contributed by atoms with E-state index in [1.165, 1.54) is 17.0 Å². The lowest BCUT2D eigenvalue weighted by molar-refractivity contribution is -0.139. The highest BCUT2D eigenvalue weighted by Gasteiger charge is 2.37. The van der Waals surface area contributed by atoms with Crippen LogP contribution in [0.15, 0.2) is 24.3 Å². The Bertz CT molecular complexity index is 791. The molecule has 2 aliphatic heterocycles. The number of rotatable bonds is 5. The van der Waals surface area contributed by atoms with E-state index in [0.29, 0.717) is 6.54 Å². The van der Waals surface area contributed by atoms with Gasteiger partial charge in [0.15, 0.2) is 0 Å². The molecular weight excluding hydrogens is 383 g/mol. The van der Waals surface area contributed by atoms with E-state index < -0.39 is 15.8 Å². The maximum atomic E-state index is 12.5. The molecule has 1 atom stereocenters. The molecule has 0 aromatic heterocycles. The van der Waals surface area contributed by atoms with E-state index in [9.17, 15) is 21.9 Å². The van der Waals surface area contributed by atoms with Gasteiger partial charge in [0.2, 0.25) is 11.8 Å². The van der Waals surface area contributed by atoms with Crippen molar-refractivity contribution >= 4 is 40.6 Å². The van der Waals surface area contributed by atoms with Gasteiger partial charge >= 0.3 is 10.5 Å². The van der Waals surface area contributed by atoms with Gasteiger partial charge in [0, 0.05) is 31.7 Å². The van der Waals surface area contributed by atoms with E-state index in [0.717, 1.165) is 31.6 Å². The van der Waals surface area contributed by atoms with Gasteiger partial charge in [-0.05, 0) is 43.0 Å². The van der Waals surface area contributed by atoms with Crippen molar-refractivity contribution in [3.63, 3.8) is 0 Å². The molecule has 0 saturated carbocycles. The predicted octanol–water partition coefficient (Wildman–Crippen LogP) is 1.55. The van der Waals surface area contributed by atoms with Gasteiger partial charge in [0.05, 0.1) is 5.25 Å². The molecule has 26 heavy (non-hydrogen) atoms. The van der Waals surface area contributed by atoms with Gasteiger partial charge in [-0.3, -0.25) is 14.5 Å². The quantitative estimate of drug-likeness (QED) is 0.457. The largest absolute Gasteiger partial charge is 0.488 e. The summed E-state index contributed by atoms with van der Waals surface area (Å²) in [5.74, 6) is -0.203. The fourth-order valence-electron chi connectivity index (χ4n) is 3.32. The SMILES string of the molecule is O=C1CC(S)C(=O)N1CC1CCN(c2ccc(OS(=O)(=O)F)cc2)CC1. The second kappa shape index (κ2) is 7.43. The third-order valence-corrected chi connectivity index (χ3v) is 5.47. The molecule has 2 aliphatic rings. The number of carbonyl (C=O) groups is 2. The first-order valence-corrected chi connectivity index (χ1v) is 10.1. The van der Waals surface area contributed by atoms with E-state index in [1.807, 2.05) is 0 Å². The summed E-state index contributed by atoms with van der Waals surface area (Å²) >= 11 is 4.13. The van der Waals surface area contributed by atoms with Crippen LogP contribution in [0.4, 0.5) is 9.57 Å². The van der Waals surface area contributed by atoms with Gasteiger partial charge in [-0.1, -0.05) is 3.89 Å². The van der Waals surface area contributed by atoms with Gasteiger partial charge in [0.25, 0.3) is 0 Å². The second-order valence-corrected chi connectivity index (χ2v) is 8.04. The fourth-order valence-corrected chi connectivity index (χ4v) is 3.95. The van der Waals surface area contributed by atoms with Crippen LogP contribution >= 0.6 is 12.6 Å². The Balaban J connectivity index is 1.54. The number of carbonyl (C=O) groups excluding carboxylic acids is 2. The summed E-state index contributed by atoms with van der Waals surface area (Å²) in [7, 11) is -5.03. The number of imide groups is 1. The van der Waals surface area contributed by atoms with Crippen molar-refractivity contribution in [3.8, 4) is 5.75 Å². The summed E-state index contributed by atoms with van der Waals surface area (Å²) in [6.45, 7) is 1.92. The summed E-state index contributed by atoms with van der Waals surface area (Å²) in [5, 5.41) is -0.517. The highest BCUT2D eigenvalue weighted by Crippen LogP contribution is 2.28. The number of hydrogen-bond acceptors (Lipinski definition) is 7. The molecule has 2 amide bonds. The zero-order valence-corrected chi connectivity index (χ0v) is 15.6. The molecule has 142 valence electrons. The molecule has 2 saturated heterocycles. The van der Waals surface area contributed by atoms with Crippen molar-refractivity contribution in [2.24, 2.45) is 5.92 Å². The minimum atomic E-state index is -5.03. The van der Waals surface area contributed by atoms with E-state index in [1.54, 1.807) is 12.1 Å². The minimum absolute atomic E-state index is 0.0847. The lowest BCUT2D eigenvalue weighted by Crippen LogP contribution is -2.41. The number of likely N-dealkylation sites (tertiary alicyclic amines) is 1. The maximum Gasteiger partial charge on any atom is 0.488 e. The summed E-state index contributed by atoms with van der Waals surface area (Å²) in [5.41, 5.74) is 0.871. The van der Waals surface area contributed by atoms with Crippen molar-refractivity contribution < 1.29 is 26.1 Å². The number of thiol groups is 1. The average Bonchev–Trinajstić information content (AvgIpc) is 2.81. The lowest BCUT2D eigenvalue weighted by atomic mass is 9.96. The van der Waals surface area contributed by atoms with Gasteiger partial charge in [0.1, 0.15) is 5.75 Å². The molecule has 0 N–H and O–H groups in total. The Morgan fingerprint density at radius 3 is 2.27 bits per heavy atom. The van der Waals surface area contributed by atoms with Crippen LogP contribution in [0.5, 0.6) is 5.75 Å². The number of nitrogens with zero attached hydrogens (tertiary/aromatic N) is 2. The Labute approximate surface area is 156 Å². The predicted molar refractivity (Wildman–Crippen MR) is 96.1 cm³/mol. The van der Waals surface area contributed by atoms with Crippen molar-refractivity contribution in [2.45, 2.75) is 24.5 Å². The molecule has 0 aliphatic carbocycles. The van der Waals surface area contributed by atoms with Gasteiger partial charge in [-0.25, -0.2) is 0 Å². The Hall–Kier alpha value is -1.81. The topological polar surface area (TPSA) is 84.0 Å². The van der Waals surface area contributed by atoms with Crippen LogP contribution < -0.4 is 9.08 Å². The standard InChI is InChI=1S/C16H19FN2O5S2/c17-26(22,23)24-13-3-1-12(2-4-13)18-7-5-11(6-8-18)10-19-15(20)9-14(25)16(19)21/h1-4,11,14,25H,5-10H2. The molecule has 0 radical (unpaired) electrons.